The predicted octanol–water partition coefficient (Wildman–Crippen LogP) is 2.48. The van der Waals surface area contributed by atoms with Crippen molar-refractivity contribution < 1.29 is 19.4 Å². The van der Waals surface area contributed by atoms with E-state index in [1.165, 1.54) is 18.2 Å². The molecule has 108 valence electrons. The summed E-state index contributed by atoms with van der Waals surface area (Å²) in [4.78, 5) is 24.8. The summed E-state index contributed by atoms with van der Waals surface area (Å²) >= 11 is 0. The molecule has 0 bridgehead atoms. The molecule has 6 heteroatoms. The smallest absolute Gasteiger partial charge is 0.303 e. The van der Waals surface area contributed by atoms with E-state index >= 15 is 0 Å². The Bertz CT molecular complexity index is 809. The number of phenolic OH excluding ortho intramolecular Hbond substituents is 1. The van der Waals surface area contributed by atoms with Crippen LogP contribution in [-0.4, -0.2) is 21.2 Å². The lowest BCUT2D eigenvalue weighted by molar-refractivity contribution is -0.136. The molecule has 1 aromatic carbocycles. The van der Waals surface area contributed by atoms with Crippen molar-refractivity contribution in [2.75, 3.05) is 0 Å². The summed E-state index contributed by atoms with van der Waals surface area (Å²) in [6.45, 7) is 1.60. The van der Waals surface area contributed by atoms with Crippen molar-refractivity contribution in [3.63, 3.8) is 0 Å². The van der Waals surface area contributed by atoms with Crippen LogP contribution in [0.25, 0.3) is 22.6 Å². The molecule has 0 amide bonds. The highest BCUT2D eigenvalue weighted by molar-refractivity contribution is 5.77. The molecular formula is C15H13NO5. The van der Waals surface area contributed by atoms with Crippen molar-refractivity contribution >= 4 is 17.1 Å². The summed E-state index contributed by atoms with van der Waals surface area (Å²) in [5.41, 5.74) is 1.59. The van der Waals surface area contributed by atoms with Gasteiger partial charge in [0.2, 0.25) is 0 Å². The van der Waals surface area contributed by atoms with E-state index < -0.39 is 5.97 Å². The largest absolute Gasteiger partial charge is 0.508 e. The number of rotatable bonds is 1. The number of benzene rings is 2. The quantitative estimate of drug-likeness (QED) is 0.667. The maximum absolute atomic E-state index is 11.1. The Hall–Kier alpha value is -2.89. The van der Waals surface area contributed by atoms with Gasteiger partial charge < -0.3 is 14.6 Å². The Morgan fingerprint density at radius 1 is 1.24 bits per heavy atom. The number of carboxylic acids is 1. The number of carboxylic acid groups (broad SMARTS) is 1. The van der Waals surface area contributed by atoms with Crippen LogP contribution >= 0.6 is 0 Å². The molecule has 1 aromatic rings. The fourth-order valence-corrected chi connectivity index (χ4v) is 1.59. The molecule has 0 saturated heterocycles. The first kappa shape index (κ1) is 14.5. The molecule has 6 nitrogen and oxygen atoms in total. The van der Waals surface area contributed by atoms with Crippen molar-refractivity contribution in [1.82, 2.24) is 4.98 Å². The van der Waals surface area contributed by atoms with Gasteiger partial charge in [-0.3, -0.25) is 9.59 Å². The number of hydrogen-bond donors (Lipinski definition) is 2. The molecule has 0 unspecified atom stereocenters. The summed E-state index contributed by atoms with van der Waals surface area (Å²) < 4.78 is 5.49. The van der Waals surface area contributed by atoms with Crippen molar-refractivity contribution in [1.29, 1.82) is 0 Å². The Kier molecular flexibility index (Phi) is 4.18. The van der Waals surface area contributed by atoms with Gasteiger partial charge in [0.05, 0.1) is 0 Å². The fourth-order valence-electron chi connectivity index (χ4n) is 1.59. The van der Waals surface area contributed by atoms with Crippen LogP contribution in [0.3, 0.4) is 0 Å². The monoisotopic (exact) mass is 287 g/mol. The zero-order valence-corrected chi connectivity index (χ0v) is 11.2. The normalized spacial score (nSPS) is 10.1. The summed E-state index contributed by atoms with van der Waals surface area (Å²) in [5.74, 6) is -0.216. The van der Waals surface area contributed by atoms with E-state index in [0.29, 0.717) is 22.6 Å². The zero-order valence-electron chi connectivity index (χ0n) is 11.2. The van der Waals surface area contributed by atoms with E-state index in [2.05, 4.69) is 4.98 Å². The highest BCUT2D eigenvalue weighted by Crippen LogP contribution is 2.25. The molecule has 2 N–H and O–H groups in total. The van der Waals surface area contributed by atoms with E-state index in [4.69, 9.17) is 9.52 Å². The molecule has 1 heterocycles. The SMILES string of the molecule is CCC(=O)O.O=c1ccc2nc3ccc(O)cc3oc-2c1. The van der Waals surface area contributed by atoms with Gasteiger partial charge in [0.25, 0.3) is 0 Å². The molecule has 3 rings (SSSR count). The van der Waals surface area contributed by atoms with E-state index in [9.17, 15) is 14.7 Å². The van der Waals surface area contributed by atoms with Crippen molar-refractivity contribution in [2.45, 2.75) is 13.3 Å². The Morgan fingerprint density at radius 3 is 2.62 bits per heavy atom. The van der Waals surface area contributed by atoms with Crippen LogP contribution in [0.2, 0.25) is 0 Å². The first-order valence-corrected chi connectivity index (χ1v) is 6.25. The second-order valence-electron chi connectivity index (χ2n) is 4.24. The molecule has 0 atom stereocenters. The van der Waals surface area contributed by atoms with Gasteiger partial charge in [0, 0.05) is 18.6 Å². The summed E-state index contributed by atoms with van der Waals surface area (Å²) in [7, 11) is 0. The molecular weight excluding hydrogens is 274 g/mol. The van der Waals surface area contributed by atoms with Gasteiger partial charge in [-0.25, -0.2) is 4.98 Å². The van der Waals surface area contributed by atoms with Crippen molar-refractivity contribution in [3.8, 4) is 17.2 Å². The summed E-state index contributed by atoms with van der Waals surface area (Å²) in [6, 6.07) is 9.12. The Labute approximate surface area is 119 Å². The van der Waals surface area contributed by atoms with Gasteiger partial charge in [0.15, 0.2) is 16.8 Å². The molecule has 0 saturated carbocycles. The van der Waals surface area contributed by atoms with Gasteiger partial charge >= 0.3 is 5.97 Å². The lowest BCUT2D eigenvalue weighted by Gasteiger charge is -2.05. The van der Waals surface area contributed by atoms with Crippen LogP contribution in [0, 0.1) is 0 Å². The van der Waals surface area contributed by atoms with E-state index in [-0.39, 0.29) is 17.6 Å². The summed E-state index contributed by atoms with van der Waals surface area (Å²) in [6.07, 6.45) is 0.222. The molecule has 0 fully saturated rings. The minimum absolute atomic E-state index is 0.107. The zero-order chi connectivity index (χ0) is 15.4. The lowest BCUT2D eigenvalue weighted by atomic mass is 10.2. The number of carbonyl (C=O) groups is 1. The third-order valence-corrected chi connectivity index (χ3v) is 2.64. The molecule has 2 aliphatic rings. The molecule has 0 aromatic heterocycles. The minimum Gasteiger partial charge on any atom is -0.508 e. The lowest BCUT2D eigenvalue weighted by Crippen LogP contribution is -1.99. The summed E-state index contributed by atoms with van der Waals surface area (Å²) in [5, 5.41) is 17.0. The molecule has 1 aliphatic carbocycles. The van der Waals surface area contributed by atoms with Gasteiger partial charge in [-0.15, -0.1) is 0 Å². The number of phenols is 1. The second-order valence-corrected chi connectivity index (χ2v) is 4.24. The number of aromatic nitrogens is 1. The number of aliphatic carboxylic acids is 1. The first-order chi connectivity index (χ1) is 9.99. The van der Waals surface area contributed by atoms with Crippen LogP contribution in [0.15, 0.2) is 45.6 Å². The Balaban J connectivity index is 0.000000282. The number of nitrogens with zero attached hydrogens (tertiary/aromatic N) is 1. The second kappa shape index (κ2) is 6.04. The fraction of sp³-hybridized carbons (Fsp3) is 0.133. The molecule has 0 spiro atoms. The molecule has 21 heavy (non-hydrogen) atoms. The van der Waals surface area contributed by atoms with Gasteiger partial charge in [-0.2, -0.15) is 0 Å². The first-order valence-electron chi connectivity index (χ1n) is 6.25. The average molecular weight is 287 g/mol. The minimum atomic E-state index is -0.745. The maximum Gasteiger partial charge on any atom is 0.303 e. The highest BCUT2D eigenvalue weighted by atomic mass is 16.4. The Morgan fingerprint density at radius 2 is 1.95 bits per heavy atom. The van der Waals surface area contributed by atoms with Crippen molar-refractivity contribution in [2.24, 2.45) is 0 Å². The third kappa shape index (κ3) is 3.56. The predicted molar refractivity (Wildman–Crippen MR) is 76.5 cm³/mol. The van der Waals surface area contributed by atoms with Crippen LogP contribution in [0.1, 0.15) is 13.3 Å². The van der Waals surface area contributed by atoms with Crippen LogP contribution in [-0.2, 0) is 4.79 Å². The molecule has 1 aliphatic heterocycles. The number of fused-ring (bicyclic) bond motifs is 2. The van der Waals surface area contributed by atoms with Crippen LogP contribution < -0.4 is 5.43 Å². The standard InChI is InChI=1S/C12H7NO3.C3H6O2/c14-7-1-3-9-11(5-7)16-12-6-8(15)2-4-10(12)13-9;1-2-3(4)5/h1-6,14H;2H2,1H3,(H,4,5). The topological polar surface area (TPSA) is 101 Å². The van der Waals surface area contributed by atoms with E-state index in [0.717, 1.165) is 0 Å². The van der Waals surface area contributed by atoms with E-state index in [1.807, 2.05) is 0 Å². The average Bonchev–Trinajstić information content (AvgIpc) is 2.45. The third-order valence-electron chi connectivity index (χ3n) is 2.64. The highest BCUT2D eigenvalue weighted by Gasteiger charge is 2.09. The number of hydrogen-bond acceptors (Lipinski definition) is 5. The van der Waals surface area contributed by atoms with Gasteiger partial charge in [-0.1, -0.05) is 6.92 Å². The van der Waals surface area contributed by atoms with Crippen LogP contribution in [0.5, 0.6) is 5.75 Å². The maximum atomic E-state index is 11.1. The van der Waals surface area contributed by atoms with E-state index in [1.54, 1.807) is 25.1 Å². The van der Waals surface area contributed by atoms with Crippen molar-refractivity contribution in [3.05, 3.63) is 46.6 Å². The van der Waals surface area contributed by atoms with Gasteiger partial charge in [-0.05, 0) is 24.3 Å². The van der Waals surface area contributed by atoms with Gasteiger partial charge in [0.1, 0.15) is 17.0 Å². The molecule has 0 radical (unpaired) electrons. The number of aromatic hydroxyl groups is 1. The van der Waals surface area contributed by atoms with Crippen LogP contribution in [0.4, 0.5) is 0 Å².